The Morgan fingerprint density at radius 1 is 1.06 bits per heavy atom. The van der Waals surface area contributed by atoms with Crippen LogP contribution in [0.4, 0.5) is 0 Å². The highest BCUT2D eigenvalue weighted by Crippen LogP contribution is 2.40. The number of ether oxygens (including phenoxy) is 1. The largest absolute Gasteiger partial charge is 0.463 e. The Morgan fingerprint density at radius 3 is 1.75 bits per heavy atom. The third kappa shape index (κ3) is 4.54. The van der Waals surface area contributed by atoms with Gasteiger partial charge in [0, 0.05) is 0 Å². The zero-order chi connectivity index (χ0) is 13.1. The van der Waals surface area contributed by atoms with Gasteiger partial charge in [-0.25, -0.2) is 0 Å². The molecular formula is C14H28O2. The van der Waals surface area contributed by atoms with E-state index in [-0.39, 0.29) is 28.8 Å². The molecule has 16 heavy (non-hydrogen) atoms. The monoisotopic (exact) mass is 228 g/mol. The van der Waals surface area contributed by atoms with E-state index >= 15 is 0 Å². The molecule has 0 saturated heterocycles. The molecule has 0 amide bonds. The lowest BCUT2D eigenvalue weighted by Crippen LogP contribution is -2.39. The lowest BCUT2D eigenvalue weighted by molar-refractivity contribution is -0.164. The summed E-state index contributed by atoms with van der Waals surface area (Å²) in [6, 6.07) is 0. The summed E-state index contributed by atoms with van der Waals surface area (Å²) in [5.41, 5.74) is -0.252. The molecule has 2 nitrogen and oxygen atoms in total. The summed E-state index contributed by atoms with van der Waals surface area (Å²) in [7, 11) is 0. The Kier molecular flexibility index (Phi) is 5.03. The number of carbonyl (C=O) groups is 1. The fourth-order valence-electron chi connectivity index (χ4n) is 1.96. The van der Waals surface area contributed by atoms with Crippen molar-refractivity contribution in [2.24, 2.45) is 16.7 Å². The highest BCUT2D eigenvalue weighted by Gasteiger charge is 2.41. The van der Waals surface area contributed by atoms with Crippen molar-refractivity contribution in [1.82, 2.24) is 0 Å². The van der Waals surface area contributed by atoms with E-state index in [2.05, 4.69) is 34.6 Å². The molecule has 1 unspecified atom stereocenters. The summed E-state index contributed by atoms with van der Waals surface area (Å²) in [6.07, 6.45) is 0.814. The van der Waals surface area contributed by atoms with Crippen LogP contribution in [0.2, 0.25) is 0 Å². The van der Waals surface area contributed by atoms with Crippen LogP contribution in [0.5, 0.6) is 0 Å². The van der Waals surface area contributed by atoms with E-state index in [9.17, 15) is 4.79 Å². The molecule has 0 aromatic carbocycles. The second-order valence-electron chi connectivity index (χ2n) is 6.76. The van der Waals surface area contributed by atoms with Crippen LogP contribution in [0.15, 0.2) is 0 Å². The van der Waals surface area contributed by atoms with Crippen molar-refractivity contribution >= 4 is 5.97 Å². The zero-order valence-corrected chi connectivity index (χ0v) is 12.2. The first-order valence-corrected chi connectivity index (χ1v) is 6.20. The molecule has 0 radical (unpaired) electrons. The summed E-state index contributed by atoms with van der Waals surface area (Å²) in [5, 5.41) is 0. The van der Waals surface area contributed by atoms with Crippen LogP contribution < -0.4 is 0 Å². The number of hydrogen-bond donors (Lipinski definition) is 0. The van der Waals surface area contributed by atoms with Gasteiger partial charge in [-0.2, -0.15) is 0 Å². The van der Waals surface area contributed by atoms with E-state index in [1.165, 1.54) is 0 Å². The van der Waals surface area contributed by atoms with Crippen LogP contribution in [0.25, 0.3) is 0 Å². The number of carbonyl (C=O) groups excluding carboxylic acids is 1. The van der Waals surface area contributed by atoms with Gasteiger partial charge in [-0.3, -0.25) is 4.79 Å². The summed E-state index contributed by atoms with van der Waals surface area (Å²) < 4.78 is 5.38. The van der Waals surface area contributed by atoms with Gasteiger partial charge in [-0.1, -0.05) is 34.6 Å². The van der Waals surface area contributed by atoms with Crippen LogP contribution in [-0.2, 0) is 9.53 Å². The smallest absolute Gasteiger partial charge is 0.312 e. The summed E-state index contributed by atoms with van der Waals surface area (Å²) in [6.45, 7) is 16.5. The van der Waals surface area contributed by atoms with E-state index in [0.29, 0.717) is 0 Å². The number of hydrogen-bond acceptors (Lipinski definition) is 2. The van der Waals surface area contributed by atoms with Gasteiger partial charge in [0.15, 0.2) is 0 Å². The average Bonchev–Trinajstić information content (AvgIpc) is 1.98. The van der Waals surface area contributed by atoms with Gasteiger partial charge in [-0.05, 0) is 38.5 Å². The molecule has 96 valence electrons. The Balaban J connectivity index is 4.90. The summed E-state index contributed by atoms with van der Waals surface area (Å²) in [4.78, 5) is 12.2. The second kappa shape index (κ2) is 5.20. The van der Waals surface area contributed by atoms with Gasteiger partial charge in [0.25, 0.3) is 0 Å². The third-order valence-corrected chi connectivity index (χ3v) is 2.98. The molecule has 0 fully saturated rings. The maximum absolute atomic E-state index is 12.2. The average molecular weight is 228 g/mol. The van der Waals surface area contributed by atoms with Gasteiger partial charge >= 0.3 is 5.97 Å². The topological polar surface area (TPSA) is 26.3 Å². The molecule has 0 aromatic rings. The normalized spacial score (nSPS) is 16.4. The van der Waals surface area contributed by atoms with Crippen molar-refractivity contribution < 1.29 is 9.53 Å². The van der Waals surface area contributed by atoms with Crippen molar-refractivity contribution in [1.29, 1.82) is 0 Å². The fourth-order valence-corrected chi connectivity index (χ4v) is 1.96. The van der Waals surface area contributed by atoms with Gasteiger partial charge in [-0.15, -0.1) is 0 Å². The highest BCUT2D eigenvalue weighted by atomic mass is 16.5. The number of esters is 1. The van der Waals surface area contributed by atoms with E-state index in [0.717, 1.165) is 6.42 Å². The fraction of sp³-hybridized carbons (Fsp3) is 0.929. The van der Waals surface area contributed by atoms with Crippen molar-refractivity contribution in [3.8, 4) is 0 Å². The molecule has 0 N–H and O–H groups in total. The van der Waals surface area contributed by atoms with Crippen molar-refractivity contribution in [3.63, 3.8) is 0 Å². The molecule has 0 aliphatic carbocycles. The Labute approximate surface area is 101 Å². The van der Waals surface area contributed by atoms with E-state index in [4.69, 9.17) is 4.74 Å². The third-order valence-electron chi connectivity index (χ3n) is 2.98. The molecule has 0 aliphatic rings. The maximum atomic E-state index is 12.2. The standard InChI is InChI=1S/C14H28O2/c1-10(2)14(8,9-13(5,6)7)12(15)16-11(3)4/h10-11H,9H2,1-8H3. The molecule has 0 aromatic heterocycles. The van der Waals surface area contributed by atoms with E-state index in [1.54, 1.807) is 0 Å². The first-order chi connectivity index (χ1) is 6.99. The van der Waals surface area contributed by atoms with Crippen molar-refractivity contribution in [2.75, 3.05) is 0 Å². The quantitative estimate of drug-likeness (QED) is 0.679. The molecule has 0 rings (SSSR count). The molecule has 0 heterocycles. The van der Waals surface area contributed by atoms with Gasteiger partial charge < -0.3 is 4.74 Å². The second-order valence-corrected chi connectivity index (χ2v) is 6.76. The Morgan fingerprint density at radius 2 is 1.50 bits per heavy atom. The zero-order valence-electron chi connectivity index (χ0n) is 12.2. The van der Waals surface area contributed by atoms with Gasteiger partial charge in [0.05, 0.1) is 11.5 Å². The Hall–Kier alpha value is -0.530. The molecule has 1 atom stereocenters. The number of rotatable bonds is 4. The minimum atomic E-state index is -0.386. The lowest BCUT2D eigenvalue weighted by Gasteiger charge is -2.37. The Bertz CT molecular complexity index is 236. The molecule has 0 spiro atoms. The van der Waals surface area contributed by atoms with Crippen LogP contribution in [0, 0.1) is 16.7 Å². The van der Waals surface area contributed by atoms with E-state index < -0.39 is 0 Å². The van der Waals surface area contributed by atoms with Crippen molar-refractivity contribution in [2.45, 2.75) is 67.9 Å². The highest BCUT2D eigenvalue weighted by molar-refractivity contribution is 5.77. The predicted molar refractivity (Wildman–Crippen MR) is 68.2 cm³/mol. The van der Waals surface area contributed by atoms with Crippen LogP contribution >= 0.6 is 0 Å². The molecule has 0 saturated carbocycles. The van der Waals surface area contributed by atoms with Gasteiger partial charge in [0.2, 0.25) is 0 Å². The minimum Gasteiger partial charge on any atom is -0.463 e. The minimum absolute atomic E-state index is 0.0365. The molecule has 0 aliphatic heterocycles. The van der Waals surface area contributed by atoms with Crippen LogP contribution in [0.3, 0.4) is 0 Å². The first kappa shape index (κ1) is 15.5. The lowest BCUT2D eigenvalue weighted by atomic mass is 9.69. The SMILES string of the molecule is CC(C)OC(=O)C(C)(CC(C)(C)C)C(C)C. The van der Waals surface area contributed by atoms with Gasteiger partial charge in [0.1, 0.15) is 0 Å². The predicted octanol–water partition coefficient (Wildman–Crippen LogP) is 4.04. The molecular weight excluding hydrogens is 200 g/mol. The van der Waals surface area contributed by atoms with Crippen LogP contribution in [0.1, 0.15) is 61.8 Å². The maximum Gasteiger partial charge on any atom is 0.312 e. The summed E-state index contributed by atoms with van der Waals surface area (Å²) >= 11 is 0. The van der Waals surface area contributed by atoms with Crippen molar-refractivity contribution in [3.05, 3.63) is 0 Å². The summed E-state index contributed by atoms with van der Waals surface area (Å²) in [5.74, 6) is 0.227. The van der Waals surface area contributed by atoms with E-state index in [1.807, 2.05) is 20.8 Å². The molecule has 2 heteroatoms. The first-order valence-electron chi connectivity index (χ1n) is 6.20. The van der Waals surface area contributed by atoms with Crippen LogP contribution in [-0.4, -0.2) is 12.1 Å². The molecule has 0 bridgehead atoms.